The number of nitrogens with zero attached hydrogens (tertiary/aromatic N) is 1. The summed E-state index contributed by atoms with van der Waals surface area (Å²) in [5, 5.41) is 0. The SMILES string of the molecule is O=C(/C=C/c1ccc(Br)s1)N(Cc1ccccc1)Cc1ccco1. The Hall–Kier alpha value is -2.11. The normalized spacial score (nSPS) is 11.0. The van der Waals surface area contributed by atoms with Gasteiger partial charge in [0.2, 0.25) is 5.91 Å². The van der Waals surface area contributed by atoms with Crippen LogP contribution in [0.15, 0.2) is 75.1 Å². The highest BCUT2D eigenvalue weighted by Gasteiger charge is 2.13. The molecule has 0 aliphatic carbocycles. The molecule has 0 atom stereocenters. The summed E-state index contributed by atoms with van der Waals surface area (Å²) in [5.41, 5.74) is 1.09. The molecule has 3 aromatic rings. The van der Waals surface area contributed by atoms with Gasteiger partial charge in [-0.15, -0.1) is 11.3 Å². The van der Waals surface area contributed by atoms with Crippen LogP contribution in [0.25, 0.3) is 6.08 Å². The molecule has 0 bridgehead atoms. The summed E-state index contributed by atoms with van der Waals surface area (Å²) in [5.74, 6) is 0.728. The highest BCUT2D eigenvalue weighted by atomic mass is 79.9. The first kappa shape index (κ1) is 16.7. The van der Waals surface area contributed by atoms with E-state index in [-0.39, 0.29) is 5.91 Å². The number of amides is 1. The van der Waals surface area contributed by atoms with Crippen molar-refractivity contribution in [1.82, 2.24) is 4.90 Å². The van der Waals surface area contributed by atoms with Gasteiger partial charge in [-0.2, -0.15) is 0 Å². The monoisotopic (exact) mass is 401 g/mol. The molecular formula is C19H16BrNO2S. The third kappa shape index (κ3) is 4.69. The summed E-state index contributed by atoms with van der Waals surface area (Å²) in [6, 6.07) is 17.6. The molecule has 0 unspecified atom stereocenters. The van der Waals surface area contributed by atoms with E-state index in [0.717, 1.165) is 20.0 Å². The molecule has 3 nitrogen and oxygen atoms in total. The number of halogens is 1. The van der Waals surface area contributed by atoms with Gasteiger partial charge >= 0.3 is 0 Å². The second-order valence-electron chi connectivity index (χ2n) is 5.23. The molecule has 0 aliphatic heterocycles. The molecule has 0 N–H and O–H groups in total. The lowest BCUT2D eigenvalue weighted by Crippen LogP contribution is -2.28. The van der Waals surface area contributed by atoms with Gasteiger partial charge in [0.05, 0.1) is 16.6 Å². The summed E-state index contributed by atoms with van der Waals surface area (Å²) < 4.78 is 6.44. The Labute approximate surface area is 153 Å². The van der Waals surface area contributed by atoms with Crippen LogP contribution in [-0.2, 0) is 17.9 Å². The van der Waals surface area contributed by atoms with Crippen LogP contribution in [0.5, 0.6) is 0 Å². The van der Waals surface area contributed by atoms with Gasteiger partial charge in [-0.25, -0.2) is 0 Å². The van der Waals surface area contributed by atoms with Crippen LogP contribution in [0.1, 0.15) is 16.2 Å². The lowest BCUT2D eigenvalue weighted by atomic mass is 10.2. The van der Waals surface area contributed by atoms with Gasteiger partial charge in [0.15, 0.2) is 0 Å². The maximum Gasteiger partial charge on any atom is 0.247 e. The van der Waals surface area contributed by atoms with Crippen LogP contribution in [0.2, 0.25) is 0 Å². The number of rotatable bonds is 6. The molecular weight excluding hydrogens is 386 g/mol. The van der Waals surface area contributed by atoms with E-state index in [0.29, 0.717) is 13.1 Å². The fourth-order valence-electron chi connectivity index (χ4n) is 2.28. The second-order valence-corrected chi connectivity index (χ2v) is 7.73. The van der Waals surface area contributed by atoms with E-state index in [4.69, 9.17) is 4.42 Å². The van der Waals surface area contributed by atoms with Crippen molar-refractivity contribution in [3.63, 3.8) is 0 Å². The predicted molar refractivity (Wildman–Crippen MR) is 100 cm³/mol. The lowest BCUT2D eigenvalue weighted by molar-refractivity contribution is -0.127. The van der Waals surface area contributed by atoms with Gasteiger partial charge < -0.3 is 9.32 Å². The maximum atomic E-state index is 12.6. The molecule has 0 saturated carbocycles. The van der Waals surface area contributed by atoms with Crippen molar-refractivity contribution >= 4 is 39.2 Å². The van der Waals surface area contributed by atoms with Crippen molar-refractivity contribution in [2.45, 2.75) is 13.1 Å². The molecule has 2 heterocycles. The molecule has 0 radical (unpaired) electrons. The van der Waals surface area contributed by atoms with Crippen molar-refractivity contribution < 1.29 is 9.21 Å². The molecule has 0 aliphatic rings. The summed E-state index contributed by atoms with van der Waals surface area (Å²) in [6.45, 7) is 0.984. The van der Waals surface area contributed by atoms with Crippen LogP contribution in [-0.4, -0.2) is 10.8 Å². The van der Waals surface area contributed by atoms with E-state index in [1.807, 2.05) is 60.7 Å². The van der Waals surface area contributed by atoms with E-state index in [9.17, 15) is 4.79 Å². The van der Waals surface area contributed by atoms with Gasteiger partial charge in [-0.3, -0.25) is 4.79 Å². The molecule has 5 heteroatoms. The zero-order chi connectivity index (χ0) is 16.8. The van der Waals surface area contributed by atoms with Crippen molar-refractivity contribution in [2.75, 3.05) is 0 Å². The lowest BCUT2D eigenvalue weighted by Gasteiger charge is -2.20. The first-order chi connectivity index (χ1) is 11.7. The average molecular weight is 402 g/mol. The van der Waals surface area contributed by atoms with Gasteiger partial charge in [0, 0.05) is 17.5 Å². The van der Waals surface area contributed by atoms with Crippen LogP contribution in [0.4, 0.5) is 0 Å². The van der Waals surface area contributed by atoms with Crippen LogP contribution in [0.3, 0.4) is 0 Å². The zero-order valence-corrected chi connectivity index (χ0v) is 15.3. The van der Waals surface area contributed by atoms with Gasteiger partial charge in [0.25, 0.3) is 0 Å². The van der Waals surface area contributed by atoms with E-state index in [1.165, 1.54) is 0 Å². The third-order valence-electron chi connectivity index (χ3n) is 3.44. The third-order valence-corrected chi connectivity index (χ3v) is 5.03. The first-order valence-electron chi connectivity index (χ1n) is 7.49. The van der Waals surface area contributed by atoms with Crippen molar-refractivity contribution in [3.8, 4) is 0 Å². The van der Waals surface area contributed by atoms with Crippen molar-refractivity contribution in [3.05, 3.63) is 86.9 Å². The molecule has 0 saturated heterocycles. The van der Waals surface area contributed by atoms with Crippen LogP contribution < -0.4 is 0 Å². The standard InChI is InChI=1S/C19H16BrNO2S/c20-18-10-8-17(24-18)9-11-19(22)21(14-16-7-4-12-23-16)13-15-5-2-1-3-6-15/h1-12H,13-14H2/b11-9+. The van der Waals surface area contributed by atoms with Crippen molar-refractivity contribution in [1.29, 1.82) is 0 Å². The molecule has 0 fully saturated rings. The van der Waals surface area contributed by atoms with Crippen LogP contribution in [0, 0.1) is 0 Å². The molecule has 3 rings (SSSR count). The quantitative estimate of drug-likeness (QED) is 0.521. The summed E-state index contributed by atoms with van der Waals surface area (Å²) in [7, 11) is 0. The molecule has 2 aromatic heterocycles. The maximum absolute atomic E-state index is 12.6. The molecule has 24 heavy (non-hydrogen) atoms. The van der Waals surface area contributed by atoms with E-state index >= 15 is 0 Å². The minimum atomic E-state index is -0.0419. The Balaban J connectivity index is 1.75. The number of hydrogen-bond donors (Lipinski definition) is 0. The number of thiophene rings is 1. The summed E-state index contributed by atoms with van der Waals surface area (Å²) in [4.78, 5) is 15.5. The topological polar surface area (TPSA) is 33.5 Å². The minimum Gasteiger partial charge on any atom is -0.467 e. The fourth-order valence-corrected chi connectivity index (χ4v) is 3.61. The van der Waals surface area contributed by atoms with Crippen molar-refractivity contribution in [2.24, 2.45) is 0 Å². The number of hydrogen-bond acceptors (Lipinski definition) is 3. The molecule has 1 amide bonds. The van der Waals surface area contributed by atoms with E-state index in [1.54, 1.807) is 28.6 Å². The highest BCUT2D eigenvalue weighted by molar-refractivity contribution is 9.11. The Morgan fingerprint density at radius 3 is 2.58 bits per heavy atom. The Morgan fingerprint density at radius 2 is 1.92 bits per heavy atom. The summed E-state index contributed by atoms with van der Waals surface area (Å²) in [6.07, 6.45) is 5.08. The Bertz CT molecular complexity index is 809. The number of furan rings is 1. The Kier molecular flexibility index (Phi) is 5.67. The van der Waals surface area contributed by atoms with Gasteiger partial charge in [-0.1, -0.05) is 30.3 Å². The number of carbonyl (C=O) groups is 1. The number of benzene rings is 1. The molecule has 122 valence electrons. The highest BCUT2D eigenvalue weighted by Crippen LogP contribution is 2.23. The van der Waals surface area contributed by atoms with Gasteiger partial charge in [-0.05, 0) is 51.8 Å². The largest absolute Gasteiger partial charge is 0.467 e. The molecule has 0 spiro atoms. The van der Waals surface area contributed by atoms with Crippen LogP contribution >= 0.6 is 27.3 Å². The average Bonchev–Trinajstić information content (AvgIpc) is 3.24. The second kappa shape index (κ2) is 8.13. The van der Waals surface area contributed by atoms with E-state index < -0.39 is 0 Å². The first-order valence-corrected chi connectivity index (χ1v) is 9.10. The predicted octanol–water partition coefficient (Wildman–Crippen LogP) is 5.35. The fraction of sp³-hybridized carbons (Fsp3) is 0.105. The molecule has 1 aromatic carbocycles. The number of carbonyl (C=O) groups excluding carboxylic acids is 1. The smallest absolute Gasteiger partial charge is 0.247 e. The minimum absolute atomic E-state index is 0.0419. The van der Waals surface area contributed by atoms with Gasteiger partial charge in [0.1, 0.15) is 5.76 Å². The summed E-state index contributed by atoms with van der Waals surface area (Å²) >= 11 is 5.02. The Morgan fingerprint density at radius 1 is 1.08 bits per heavy atom. The van der Waals surface area contributed by atoms with E-state index in [2.05, 4.69) is 15.9 Å². The zero-order valence-electron chi connectivity index (χ0n) is 12.9.